The van der Waals surface area contributed by atoms with Crippen molar-refractivity contribution in [3.05, 3.63) is 41.8 Å². The highest BCUT2D eigenvalue weighted by molar-refractivity contribution is 5.78. The molecule has 0 saturated carbocycles. The number of likely N-dealkylation sites (N-methyl/N-ethyl adjacent to an activating group) is 1. The summed E-state index contributed by atoms with van der Waals surface area (Å²) in [5, 5.41) is 6.84. The summed E-state index contributed by atoms with van der Waals surface area (Å²) >= 11 is 0. The summed E-state index contributed by atoms with van der Waals surface area (Å²) in [6, 6.07) is 3.57. The topological polar surface area (TPSA) is 84.2 Å². The molecule has 1 N–H and O–H groups in total. The van der Waals surface area contributed by atoms with Crippen LogP contribution in [0.5, 0.6) is 0 Å². The zero-order chi connectivity index (χ0) is 17.5. The Hall–Kier alpha value is -2.28. The summed E-state index contributed by atoms with van der Waals surface area (Å²) < 4.78 is 5.23. The molecule has 2 heterocycles. The zero-order valence-electron chi connectivity index (χ0n) is 14.7. The van der Waals surface area contributed by atoms with Crippen LogP contribution in [0.15, 0.2) is 29.0 Å². The van der Waals surface area contributed by atoms with Gasteiger partial charge in [0.1, 0.15) is 6.04 Å². The molecule has 24 heavy (non-hydrogen) atoms. The van der Waals surface area contributed by atoms with Crippen LogP contribution >= 0.6 is 0 Å². The van der Waals surface area contributed by atoms with Crippen LogP contribution < -0.4 is 5.32 Å². The lowest BCUT2D eigenvalue weighted by atomic mass is 10.1. The third-order valence-corrected chi connectivity index (χ3v) is 3.44. The number of amides is 1. The maximum Gasteiger partial charge on any atom is 0.248 e. The van der Waals surface area contributed by atoms with Crippen LogP contribution in [0.4, 0.5) is 0 Å². The first-order chi connectivity index (χ1) is 11.4. The van der Waals surface area contributed by atoms with Gasteiger partial charge >= 0.3 is 0 Å². The molecular weight excluding hydrogens is 306 g/mol. The lowest BCUT2D eigenvalue weighted by Gasteiger charge is -2.17. The second-order valence-corrected chi connectivity index (χ2v) is 6.46. The van der Waals surface area contributed by atoms with E-state index in [-0.39, 0.29) is 11.9 Å². The minimum atomic E-state index is -0.305. The van der Waals surface area contributed by atoms with Crippen LogP contribution in [0.25, 0.3) is 0 Å². The van der Waals surface area contributed by atoms with E-state index >= 15 is 0 Å². The number of carbonyl (C=O) groups is 1. The SMILES string of the molecule is CC(C)Cc1noc(C(C)NC(=O)CN(C)Cc2ccncc2)n1. The van der Waals surface area contributed by atoms with Gasteiger partial charge in [0, 0.05) is 25.4 Å². The molecule has 0 aliphatic rings. The van der Waals surface area contributed by atoms with Crippen molar-refractivity contribution >= 4 is 5.91 Å². The molecule has 0 spiro atoms. The molecule has 2 rings (SSSR count). The fourth-order valence-corrected chi connectivity index (χ4v) is 2.34. The van der Waals surface area contributed by atoms with Crippen molar-refractivity contribution in [2.75, 3.05) is 13.6 Å². The number of rotatable bonds is 8. The monoisotopic (exact) mass is 331 g/mol. The van der Waals surface area contributed by atoms with Gasteiger partial charge in [-0.25, -0.2) is 0 Å². The van der Waals surface area contributed by atoms with Gasteiger partial charge in [-0.05, 0) is 37.6 Å². The molecule has 7 heteroatoms. The summed E-state index contributed by atoms with van der Waals surface area (Å²) in [6.07, 6.45) is 4.25. The van der Waals surface area contributed by atoms with Crippen molar-refractivity contribution in [1.29, 1.82) is 0 Å². The van der Waals surface area contributed by atoms with Crippen LogP contribution in [-0.4, -0.2) is 39.5 Å². The Balaban J connectivity index is 1.81. The molecule has 0 radical (unpaired) electrons. The first-order valence-corrected chi connectivity index (χ1v) is 8.13. The molecule has 0 bridgehead atoms. The van der Waals surface area contributed by atoms with Gasteiger partial charge in [-0.15, -0.1) is 0 Å². The van der Waals surface area contributed by atoms with Crippen LogP contribution in [0.2, 0.25) is 0 Å². The van der Waals surface area contributed by atoms with Gasteiger partial charge in [-0.2, -0.15) is 4.98 Å². The number of nitrogens with one attached hydrogen (secondary N) is 1. The fraction of sp³-hybridized carbons (Fsp3) is 0.529. The minimum absolute atomic E-state index is 0.0809. The van der Waals surface area contributed by atoms with Crippen LogP contribution in [0.3, 0.4) is 0 Å². The summed E-state index contributed by atoms with van der Waals surface area (Å²) in [5.74, 6) is 1.50. The smallest absolute Gasteiger partial charge is 0.248 e. The third kappa shape index (κ3) is 5.73. The van der Waals surface area contributed by atoms with E-state index in [9.17, 15) is 4.79 Å². The van der Waals surface area contributed by atoms with Gasteiger partial charge in [-0.1, -0.05) is 19.0 Å². The van der Waals surface area contributed by atoms with Gasteiger partial charge < -0.3 is 9.84 Å². The highest BCUT2D eigenvalue weighted by Gasteiger charge is 2.17. The Morgan fingerprint density at radius 2 is 2.00 bits per heavy atom. The maximum absolute atomic E-state index is 12.2. The Kier molecular flexibility index (Phi) is 6.43. The summed E-state index contributed by atoms with van der Waals surface area (Å²) in [5.41, 5.74) is 1.11. The predicted molar refractivity (Wildman–Crippen MR) is 90.0 cm³/mol. The molecular formula is C17H25N5O2. The number of hydrogen-bond donors (Lipinski definition) is 1. The van der Waals surface area contributed by atoms with E-state index in [1.54, 1.807) is 12.4 Å². The van der Waals surface area contributed by atoms with Crippen molar-refractivity contribution in [2.45, 2.75) is 39.8 Å². The lowest BCUT2D eigenvalue weighted by molar-refractivity contribution is -0.122. The normalized spacial score (nSPS) is 12.6. The third-order valence-electron chi connectivity index (χ3n) is 3.44. The molecule has 7 nitrogen and oxygen atoms in total. The molecule has 130 valence electrons. The molecule has 2 aromatic heterocycles. The maximum atomic E-state index is 12.2. The molecule has 0 aliphatic carbocycles. The zero-order valence-corrected chi connectivity index (χ0v) is 14.7. The Morgan fingerprint density at radius 3 is 2.67 bits per heavy atom. The summed E-state index contributed by atoms with van der Waals surface area (Å²) in [7, 11) is 1.90. The van der Waals surface area contributed by atoms with E-state index < -0.39 is 0 Å². The summed E-state index contributed by atoms with van der Waals surface area (Å²) in [4.78, 5) is 22.4. The standard InChI is InChI=1S/C17H25N5O2/c1-12(2)9-15-20-17(24-21-15)13(3)19-16(23)11-22(4)10-14-5-7-18-8-6-14/h5-8,12-13H,9-11H2,1-4H3,(H,19,23). The second kappa shape index (κ2) is 8.54. The molecule has 0 aromatic carbocycles. The minimum Gasteiger partial charge on any atom is -0.343 e. The second-order valence-electron chi connectivity index (χ2n) is 6.46. The van der Waals surface area contributed by atoms with Gasteiger partial charge in [0.25, 0.3) is 0 Å². The highest BCUT2D eigenvalue weighted by Crippen LogP contribution is 2.12. The molecule has 0 fully saturated rings. The average molecular weight is 331 g/mol. The number of nitrogens with zero attached hydrogens (tertiary/aromatic N) is 4. The Bertz CT molecular complexity index is 641. The lowest BCUT2D eigenvalue weighted by Crippen LogP contribution is -2.36. The molecule has 0 saturated heterocycles. The fourth-order valence-electron chi connectivity index (χ4n) is 2.34. The summed E-state index contributed by atoms with van der Waals surface area (Å²) in [6.45, 7) is 7.01. The van der Waals surface area contributed by atoms with Crippen molar-refractivity contribution in [1.82, 2.24) is 25.3 Å². The van der Waals surface area contributed by atoms with Gasteiger partial charge in [0.15, 0.2) is 5.82 Å². The number of hydrogen-bond acceptors (Lipinski definition) is 6. The van der Waals surface area contributed by atoms with E-state index in [4.69, 9.17) is 4.52 Å². The van der Waals surface area contributed by atoms with Crippen LogP contribution in [0.1, 0.15) is 44.1 Å². The molecule has 1 amide bonds. The number of aromatic nitrogens is 3. The van der Waals surface area contributed by atoms with Crippen molar-refractivity contribution < 1.29 is 9.32 Å². The number of pyridine rings is 1. The largest absolute Gasteiger partial charge is 0.343 e. The first kappa shape index (κ1) is 18.1. The van der Waals surface area contributed by atoms with Crippen molar-refractivity contribution in [3.63, 3.8) is 0 Å². The van der Waals surface area contributed by atoms with Crippen molar-refractivity contribution in [2.24, 2.45) is 5.92 Å². The Labute approximate surface area is 142 Å². The van der Waals surface area contributed by atoms with Gasteiger partial charge in [-0.3, -0.25) is 14.7 Å². The molecule has 1 atom stereocenters. The van der Waals surface area contributed by atoms with E-state index in [0.717, 1.165) is 12.0 Å². The quantitative estimate of drug-likeness (QED) is 0.796. The molecule has 2 aromatic rings. The average Bonchev–Trinajstić information content (AvgIpc) is 2.95. The molecule has 0 aliphatic heterocycles. The van der Waals surface area contributed by atoms with Crippen LogP contribution in [-0.2, 0) is 17.8 Å². The van der Waals surface area contributed by atoms with Gasteiger partial charge in [0.2, 0.25) is 11.8 Å². The predicted octanol–water partition coefficient (Wildman–Crippen LogP) is 1.97. The van der Waals surface area contributed by atoms with E-state index in [2.05, 4.69) is 34.3 Å². The highest BCUT2D eigenvalue weighted by atomic mass is 16.5. The van der Waals surface area contributed by atoms with E-state index in [1.165, 1.54) is 0 Å². The number of carbonyl (C=O) groups excluding carboxylic acids is 1. The van der Waals surface area contributed by atoms with Crippen LogP contribution in [0, 0.1) is 5.92 Å². The van der Waals surface area contributed by atoms with E-state index in [1.807, 2.05) is 31.0 Å². The van der Waals surface area contributed by atoms with Gasteiger partial charge in [0.05, 0.1) is 6.54 Å². The molecule has 1 unspecified atom stereocenters. The van der Waals surface area contributed by atoms with E-state index in [0.29, 0.717) is 30.7 Å². The first-order valence-electron chi connectivity index (χ1n) is 8.13. The van der Waals surface area contributed by atoms with Crippen molar-refractivity contribution in [3.8, 4) is 0 Å². The Morgan fingerprint density at radius 1 is 1.29 bits per heavy atom.